The van der Waals surface area contributed by atoms with E-state index in [1.165, 1.54) is 0 Å². The van der Waals surface area contributed by atoms with Gasteiger partial charge in [-0.1, -0.05) is 26.8 Å². The number of carbonyl (C=O) groups excluding carboxylic acids is 1. The molecule has 0 aliphatic heterocycles. The van der Waals surface area contributed by atoms with Crippen LogP contribution in [0, 0.1) is 5.41 Å². The number of amides is 1. The molecule has 0 heterocycles. The minimum Gasteiger partial charge on any atom is -0.326 e. The second-order valence-electron chi connectivity index (χ2n) is 4.42. The topological polar surface area (TPSA) is 29.1 Å². The molecule has 0 aromatic heterocycles. The van der Waals surface area contributed by atoms with Crippen LogP contribution in [0.15, 0.2) is 29.2 Å². The van der Waals surface area contributed by atoms with Crippen molar-refractivity contribution in [3.05, 3.63) is 24.3 Å². The van der Waals surface area contributed by atoms with Crippen LogP contribution in [0.4, 0.5) is 5.69 Å². The van der Waals surface area contributed by atoms with Gasteiger partial charge >= 0.3 is 0 Å². The number of anilines is 1. The third-order valence-corrected chi connectivity index (χ3v) is 3.55. The van der Waals surface area contributed by atoms with Gasteiger partial charge in [0.05, 0.1) is 0 Å². The van der Waals surface area contributed by atoms with E-state index in [4.69, 9.17) is 0 Å². The van der Waals surface area contributed by atoms with Crippen molar-refractivity contribution in [3.63, 3.8) is 0 Å². The molecule has 0 aliphatic rings. The molecule has 3 heteroatoms. The van der Waals surface area contributed by atoms with Crippen LogP contribution in [0.1, 0.15) is 27.2 Å². The fourth-order valence-electron chi connectivity index (χ4n) is 1.16. The summed E-state index contributed by atoms with van der Waals surface area (Å²) in [5, 5.41) is 2.96. The standard InChI is InChI=1S/C13H19NOS/c1-5-13(2,3)12(15)14-10-7-6-8-11(9-10)16-4/h6-9H,5H2,1-4H3,(H,14,15). The van der Waals surface area contributed by atoms with Gasteiger partial charge in [-0.15, -0.1) is 11.8 Å². The highest BCUT2D eigenvalue weighted by Crippen LogP contribution is 2.24. The molecule has 1 amide bonds. The Morgan fingerprint density at radius 1 is 1.44 bits per heavy atom. The van der Waals surface area contributed by atoms with Crippen LogP contribution in [-0.2, 0) is 4.79 Å². The summed E-state index contributed by atoms with van der Waals surface area (Å²) in [6.07, 6.45) is 2.86. The van der Waals surface area contributed by atoms with Gasteiger partial charge in [0.1, 0.15) is 0 Å². The quantitative estimate of drug-likeness (QED) is 0.807. The largest absolute Gasteiger partial charge is 0.326 e. The van der Waals surface area contributed by atoms with Crippen LogP contribution >= 0.6 is 11.8 Å². The lowest BCUT2D eigenvalue weighted by Gasteiger charge is -2.21. The molecule has 1 aromatic carbocycles. The van der Waals surface area contributed by atoms with Crippen LogP contribution in [0.3, 0.4) is 0 Å². The van der Waals surface area contributed by atoms with E-state index in [9.17, 15) is 4.79 Å². The summed E-state index contributed by atoms with van der Waals surface area (Å²) >= 11 is 1.67. The Morgan fingerprint density at radius 2 is 2.12 bits per heavy atom. The maximum absolute atomic E-state index is 11.9. The molecule has 1 rings (SSSR count). The molecule has 88 valence electrons. The summed E-state index contributed by atoms with van der Waals surface area (Å²) in [6.45, 7) is 5.94. The van der Waals surface area contributed by atoms with Crippen LogP contribution in [0.5, 0.6) is 0 Å². The van der Waals surface area contributed by atoms with Crippen LogP contribution < -0.4 is 5.32 Å². The van der Waals surface area contributed by atoms with Gasteiger partial charge in [-0.2, -0.15) is 0 Å². The molecule has 1 N–H and O–H groups in total. The fourth-order valence-corrected chi connectivity index (χ4v) is 1.62. The molecule has 0 bridgehead atoms. The SMILES string of the molecule is CCC(C)(C)C(=O)Nc1cccc(SC)c1. The lowest BCUT2D eigenvalue weighted by Crippen LogP contribution is -2.29. The maximum Gasteiger partial charge on any atom is 0.230 e. The zero-order chi connectivity index (χ0) is 12.2. The molecular formula is C13H19NOS. The van der Waals surface area contributed by atoms with Gasteiger partial charge in [0.25, 0.3) is 0 Å². The van der Waals surface area contributed by atoms with Crippen molar-refractivity contribution >= 4 is 23.4 Å². The molecule has 2 nitrogen and oxygen atoms in total. The van der Waals surface area contributed by atoms with E-state index >= 15 is 0 Å². The molecule has 0 unspecified atom stereocenters. The van der Waals surface area contributed by atoms with Crippen LogP contribution in [-0.4, -0.2) is 12.2 Å². The van der Waals surface area contributed by atoms with Gasteiger partial charge in [-0.25, -0.2) is 0 Å². The van der Waals surface area contributed by atoms with Crippen molar-refractivity contribution < 1.29 is 4.79 Å². The van der Waals surface area contributed by atoms with Crippen LogP contribution in [0.25, 0.3) is 0 Å². The number of hydrogen-bond acceptors (Lipinski definition) is 2. The number of nitrogens with one attached hydrogen (secondary N) is 1. The lowest BCUT2D eigenvalue weighted by atomic mass is 9.89. The first-order chi connectivity index (χ1) is 7.49. The van der Waals surface area contributed by atoms with E-state index in [0.29, 0.717) is 0 Å². The molecule has 0 radical (unpaired) electrons. The highest BCUT2D eigenvalue weighted by atomic mass is 32.2. The Kier molecular flexibility index (Phi) is 4.42. The first-order valence-corrected chi connectivity index (χ1v) is 6.67. The number of thioether (sulfide) groups is 1. The van der Waals surface area contributed by atoms with Gasteiger partial charge in [0.2, 0.25) is 5.91 Å². The maximum atomic E-state index is 11.9. The van der Waals surface area contributed by atoms with E-state index in [0.717, 1.165) is 17.0 Å². The average Bonchev–Trinajstić information content (AvgIpc) is 2.29. The molecule has 16 heavy (non-hydrogen) atoms. The van der Waals surface area contributed by atoms with Gasteiger partial charge in [0.15, 0.2) is 0 Å². The molecule has 0 saturated carbocycles. The van der Waals surface area contributed by atoms with Crippen molar-refractivity contribution in [1.29, 1.82) is 0 Å². The number of hydrogen-bond donors (Lipinski definition) is 1. The summed E-state index contributed by atoms with van der Waals surface area (Å²) in [7, 11) is 0. The predicted octanol–water partition coefficient (Wildman–Crippen LogP) is 3.78. The van der Waals surface area contributed by atoms with Crippen molar-refractivity contribution in [2.24, 2.45) is 5.41 Å². The normalized spacial score (nSPS) is 11.2. The molecule has 0 aliphatic carbocycles. The Balaban J connectivity index is 2.77. The smallest absolute Gasteiger partial charge is 0.230 e. The highest BCUT2D eigenvalue weighted by Gasteiger charge is 2.25. The summed E-state index contributed by atoms with van der Waals surface area (Å²) in [5.74, 6) is 0.0771. The highest BCUT2D eigenvalue weighted by molar-refractivity contribution is 7.98. The first-order valence-electron chi connectivity index (χ1n) is 5.45. The van der Waals surface area contributed by atoms with Gasteiger partial charge in [-0.05, 0) is 30.9 Å². The molecule has 1 aromatic rings. The third-order valence-electron chi connectivity index (χ3n) is 2.83. The van der Waals surface area contributed by atoms with Crippen molar-refractivity contribution in [3.8, 4) is 0 Å². The Bertz CT molecular complexity index is 374. The molecular weight excluding hydrogens is 218 g/mol. The molecule has 0 fully saturated rings. The third kappa shape index (κ3) is 3.27. The predicted molar refractivity (Wildman–Crippen MR) is 70.9 cm³/mol. The zero-order valence-electron chi connectivity index (χ0n) is 10.3. The van der Waals surface area contributed by atoms with E-state index in [2.05, 4.69) is 5.32 Å². The van der Waals surface area contributed by atoms with Crippen molar-refractivity contribution in [2.45, 2.75) is 32.1 Å². The minimum absolute atomic E-state index is 0.0771. The summed E-state index contributed by atoms with van der Waals surface area (Å²) in [4.78, 5) is 13.1. The summed E-state index contributed by atoms with van der Waals surface area (Å²) in [5.41, 5.74) is 0.563. The van der Waals surface area contributed by atoms with E-state index < -0.39 is 0 Å². The zero-order valence-corrected chi connectivity index (χ0v) is 11.1. The van der Waals surface area contributed by atoms with Crippen molar-refractivity contribution in [2.75, 3.05) is 11.6 Å². The van der Waals surface area contributed by atoms with Gasteiger partial charge in [0, 0.05) is 16.0 Å². The monoisotopic (exact) mass is 237 g/mol. The average molecular weight is 237 g/mol. The lowest BCUT2D eigenvalue weighted by molar-refractivity contribution is -0.124. The number of benzene rings is 1. The minimum atomic E-state index is -0.310. The number of carbonyl (C=O) groups is 1. The number of rotatable bonds is 4. The summed E-state index contributed by atoms with van der Waals surface area (Å²) < 4.78 is 0. The second-order valence-corrected chi connectivity index (χ2v) is 5.30. The first kappa shape index (κ1) is 13.1. The Hall–Kier alpha value is -0.960. The van der Waals surface area contributed by atoms with Gasteiger partial charge < -0.3 is 5.32 Å². The van der Waals surface area contributed by atoms with E-state index in [-0.39, 0.29) is 11.3 Å². The van der Waals surface area contributed by atoms with Crippen LogP contribution in [0.2, 0.25) is 0 Å². The van der Waals surface area contributed by atoms with E-state index in [1.807, 2.05) is 51.3 Å². The fraction of sp³-hybridized carbons (Fsp3) is 0.462. The Morgan fingerprint density at radius 3 is 2.69 bits per heavy atom. The molecule has 0 atom stereocenters. The molecule has 0 spiro atoms. The molecule has 0 saturated heterocycles. The summed E-state index contributed by atoms with van der Waals surface area (Å²) in [6, 6.07) is 7.91. The van der Waals surface area contributed by atoms with Gasteiger partial charge in [-0.3, -0.25) is 4.79 Å². The second kappa shape index (κ2) is 5.39. The van der Waals surface area contributed by atoms with Crippen molar-refractivity contribution in [1.82, 2.24) is 0 Å². The Labute approximate surface area is 102 Å². The van der Waals surface area contributed by atoms with E-state index in [1.54, 1.807) is 11.8 Å².